The summed E-state index contributed by atoms with van der Waals surface area (Å²) in [5.41, 5.74) is 2.82. The van der Waals surface area contributed by atoms with Gasteiger partial charge < -0.3 is 5.32 Å². The van der Waals surface area contributed by atoms with Crippen LogP contribution in [0.25, 0.3) is 11.3 Å². The number of carbonyl (C=O) groups excluding carboxylic acids is 1. The topological polar surface area (TPSA) is 93.6 Å². The van der Waals surface area contributed by atoms with Crippen LogP contribution in [-0.2, 0) is 6.54 Å². The second kappa shape index (κ2) is 6.49. The van der Waals surface area contributed by atoms with E-state index in [1.54, 1.807) is 49.2 Å². The van der Waals surface area contributed by atoms with Gasteiger partial charge in [0.1, 0.15) is 6.33 Å². The van der Waals surface area contributed by atoms with Crippen molar-refractivity contribution in [1.29, 1.82) is 0 Å². The summed E-state index contributed by atoms with van der Waals surface area (Å²) in [7, 11) is 0. The van der Waals surface area contributed by atoms with Crippen molar-refractivity contribution in [1.82, 2.24) is 30.5 Å². The molecule has 0 saturated heterocycles. The molecule has 7 heteroatoms. The number of hydrogen-bond donors (Lipinski definition) is 1. The van der Waals surface area contributed by atoms with Crippen LogP contribution < -0.4 is 5.32 Å². The Hall–Kier alpha value is -3.22. The van der Waals surface area contributed by atoms with Crippen LogP contribution in [0.5, 0.6) is 0 Å². The molecule has 0 unspecified atom stereocenters. The van der Waals surface area contributed by atoms with Crippen LogP contribution in [0.3, 0.4) is 0 Å². The van der Waals surface area contributed by atoms with Crippen LogP contribution in [0.4, 0.5) is 0 Å². The largest absolute Gasteiger partial charge is 0.348 e. The lowest BCUT2D eigenvalue weighted by Crippen LogP contribution is -2.23. The third-order valence-corrected chi connectivity index (χ3v) is 2.98. The van der Waals surface area contributed by atoms with Crippen molar-refractivity contribution in [2.45, 2.75) is 6.54 Å². The fourth-order valence-electron chi connectivity index (χ4n) is 1.87. The zero-order valence-electron chi connectivity index (χ0n) is 11.5. The van der Waals surface area contributed by atoms with E-state index in [-0.39, 0.29) is 5.91 Å². The molecule has 0 aliphatic carbocycles. The molecule has 0 aliphatic heterocycles. The van der Waals surface area contributed by atoms with Crippen molar-refractivity contribution in [2.24, 2.45) is 0 Å². The molecule has 1 N–H and O–H groups in total. The van der Waals surface area contributed by atoms with E-state index in [9.17, 15) is 4.79 Å². The molecule has 0 aliphatic rings. The Kier molecular flexibility index (Phi) is 4.05. The number of hydrogen-bond acceptors (Lipinski definition) is 6. The highest BCUT2D eigenvalue weighted by Crippen LogP contribution is 2.15. The number of nitrogens with one attached hydrogen (secondary N) is 1. The Balaban J connectivity index is 1.73. The van der Waals surface area contributed by atoms with Gasteiger partial charge >= 0.3 is 0 Å². The van der Waals surface area contributed by atoms with E-state index in [1.807, 2.05) is 0 Å². The van der Waals surface area contributed by atoms with E-state index in [1.165, 1.54) is 6.33 Å². The molecular formula is C15H12N6O. The third-order valence-electron chi connectivity index (χ3n) is 2.98. The smallest absolute Gasteiger partial charge is 0.251 e. The standard InChI is InChI=1S/C15H12N6O/c22-15(19-6-11-1-4-20-21-7-11)12-2-3-18-14(5-12)13-8-16-10-17-9-13/h1-5,7-10H,6H2,(H,19,22). The van der Waals surface area contributed by atoms with Gasteiger partial charge in [-0.15, -0.1) is 0 Å². The lowest BCUT2D eigenvalue weighted by atomic mass is 10.1. The number of aromatic nitrogens is 5. The molecule has 0 saturated carbocycles. The van der Waals surface area contributed by atoms with Crippen molar-refractivity contribution in [3.05, 3.63) is 66.6 Å². The van der Waals surface area contributed by atoms with Crippen LogP contribution in [0.1, 0.15) is 15.9 Å². The molecule has 0 fully saturated rings. The molecule has 22 heavy (non-hydrogen) atoms. The molecule has 0 atom stereocenters. The van der Waals surface area contributed by atoms with Crippen molar-refractivity contribution < 1.29 is 4.79 Å². The lowest BCUT2D eigenvalue weighted by Gasteiger charge is -2.06. The van der Waals surface area contributed by atoms with E-state index >= 15 is 0 Å². The minimum atomic E-state index is -0.183. The average Bonchev–Trinajstić information content (AvgIpc) is 2.61. The van der Waals surface area contributed by atoms with Crippen LogP contribution in [-0.4, -0.2) is 31.1 Å². The maximum atomic E-state index is 12.2. The Morgan fingerprint density at radius 3 is 2.68 bits per heavy atom. The summed E-state index contributed by atoms with van der Waals surface area (Å²) in [4.78, 5) is 24.3. The van der Waals surface area contributed by atoms with Crippen LogP contribution in [0.15, 0.2) is 55.5 Å². The van der Waals surface area contributed by atoms with Gasteiger partial charge in [0.2, 0.25) is 0 Å². The van der Waals surface area contributed by atoms with Gasteiger partial charge in [0.25, 0.3) is 5.91 Å². The molecule has 108 valence electrons. The molecule has 3 rings (SSSR count). The van der Waals surface area contributed by atoms with E-state index in [0.717, 1.165) is 11.1 Å². The first-order chi connectivity index (χ1) is 10.8. The fraction of sp³-hybridized carbons (Fsp3) is 0.0667. The van der Waals surface area contributed by atoms with Gasteiger partial charge in [-0.1, -0.05) is 0 Å². The number of rotatable bonds is 4. The van der Waals surface area contributed by atoms with Gasteiger partial charge in [-0.05, 0) is 23.8 Å². The monoisotopic (exact) mass is 292 g/mol. The van der Waals surface area contributed by atoms with Gasteiger partial charge in [0.15, 0.2) is 0 Å². The van der Waals surface area contributed by atoms with Crippen molar-refractivity contribution in [3.63, 3.8) is 0 Å². The Morgan fingerprint density at radius 1 is 1.05 bits per heavy atom. The van der Waals surface area contributed by atoms with Crippen LogP contribution >= 0.6 is 0 Å². The molecule has 0 spiro atoms. The maximum absolute atomic E-state index is 12.2. The molecule has 3 aromatic rings. The summed E-state index contributed by atoms with van der Waals surface area (Å²) >= 11 is 0. The number of pyridine rings is 1. The fourth-order valence-corrected chi connectivity index (χ4v) is 1.87. The van der Waals surface area contributed by atoms with Crippen molar-refractivity contribution >= 4 is 5.91 Å². The van der Waals surface area contributed by atoms with Gasteiger partial charge in [-0.25, -0.2) is 9.97 Å². The van der Waals surface area contributed by atoms with E-state index in [0.29, 0.717) is 17.8 Å². The Morgan fingerprint density at radius 2 is 1.91 bits per heavy atom. The number of carbonyl (C=O) groups is 1. The highest BCUT2D eigenvalue weighted by Gasteiger charge is 2.08. The van der Waals surface area contributed by atoms with E-state index in [2.05, 4.69) is 30.5 Å². The van der Waals surface area contributed by atoms with Gasteiger partial charge in [-0.2, -0.15) is 10.2 Å². The highest BCUT2D eigenvalue weighted by atomic mass is 16.1. The minimum Gasteiger partial charge on any atom is -0.348 e. The summed E-state index contributed by atoms with van der Waals surface area (Å²) < 4.78 is 0. The molecule has 7 nitrogen and oxygen atoms in total. The normalized spacial score (nSPS) is 10.2. The first kappa shape index (κ1) is 13.7. The summed E-state index contributed by atoms with van der Waals surface area (Å²) in [6.45, 7) is 0.389. The quantitative estimate of drug-likeness (QED) is 0.778. The van der Waals surface area contributed by atoms with E-state index in [4.69, 9.17) is 0 Å². The molecule has 1 amide bonds. The van der Waals surface area contributed by atoms with Gasteiger partial charge in [0, 0.05) is 42.5 Å². The molecular weight excluding hydrogens is 280 g/mol. The predicted molar refractivity (Wildman–Crippen MR) is 78.5 cm³/mol. The van der Waals surface area contributed by atoms with Gasteiger partial charge in [-0.3, -0.25) is 9.78 Å². The lowest BCUT2D eigenvalue weighted by molar-refractivity contribution is 0.0951. The molecule has 0 bridgehead atoms. The Bertz CT molecular complexity index is 763. The van der Waals surface area contributed by atoms with Crippen molar-refractivity contribution in [2.75, 3.05) is 0 Å². The molecule has 3 aromatic heterocycles. The second-order valence-corrected chi connectivity index (χ2v) is 4.49. The SMILES string of the molecule is O=C(NCc1ccnnc1)c1ccnc(-c2cncnc2)c1. The summed E-state index contributed by atoms with van der Waals surface area (Å²) in [6, 6.07) is 5.17. The van der Waals surface area contributed by atoms with Crippen LogP contribution in [0.2, 0.25) is 0 Å². The highest BCUT2D eigenvalue weighted by molar-refractivity contribution is 5.94. The van der Waals surface area contributed by atoms with Gasteiger partial charge in [0.05, 0.1) is 11.9 Å². The summed E-state index contributed by atoms with van der Waals surface area (Å²) in [6.07, 6.45) is 9.54. The second-order valence-electron chi connectivity index (χ2n) is 4.49. The Labute approximate surface area is 126 Å². The number of amides is 1. The summed E-state index contributed by atoms with van der Waals surface area (Å²) in [5, 5.41) is 10.3. The molecule has 0 aromatic carbocycles. The molecule has 3 heterocycles. The van der Waals surface area contributed by atoms with Crippen molar-refractivity contribution in [3.8, 4) is 11.3 Å². The zero-order chi connectivity index (χ0) is 15.2. The number of nitrogens with zero attached hydrogens (tertiary/aromatic N) is 5. The molecule has 0 radical (unpaired) electrons. The van der Waals surface area contributed by atoms with E-state index < -0.39 is 0 Å². The average molecular weight is 292 g/mol. The third kappa shape index (κ3) is 3.26. The minimum absolute atomic E-state index is 0.183. The summed E-state index contributed by atoms with van der Waals surface area (Å²) in [5.74, 6) is -0.183. The maximum Gasteiger partial charge on any atom is 0.251 e. The van der Waals surface area contributed by atoms with Crippen LogP contribution in [0, 0.1) is 0 Å². The first-order valence-electron chi connectivity index (χ1n) is 6.58. The predicted octanol–water partition coefficient (Wildman–Crippen LogP) is 1.26. The first-order valence-corrected chi connectivity index (χ1v) is 6.58. The zero-order valence-corrected chi connectivity index (χ0v) is 11.5.